The van der Waals surface area contributed by atoms with Crippen LogP contribution in [-0.4, -0.2) is 30.5 Å². The van der Waals surface area contributed by atoms with Gasteiger partial charge in [-0.25, -0.2) is 13.1 Å². The minimum absolute atomic E-state index is 0.0251. The van der Waals surface area contributed by atoms with Gasteiger partial charge in [0.05, 0.1) is 10.9 Å². The van der Waals surface area contributed by atoms with Gasteiger partial charge in [0.25, 0.3) is 0 Å². The predicted molar refractivity (Wildman–Crippen MR) is 106 cm³/mol. The Morgan fingerprint density at radius 1 is 1.24 bits per heavy atom. The number of sulfonamides is 1. The number of rotatable bonds is 7. The van der Waals surface area contributed by atoms with Crippen LogP contribution in [0.2, 0.25) is 0 Å². The fourth-order valence-corrected chi connectivity index (χ4v) is 5.50. The molecule has 1 fully saturated rings. The highest BCUT2D eigenvalue weighted by Crippen LogP contribution is 2.33. The zero-order valence-electron chi connectivity index (χ0n) is 16.5. The Balaban J connectivity index is 1.42. The van der Waals surface area contributed by atoms with E-state index < -0.39 is 10.0 Å². The molecule has 0 radical (unpaired) electrons. The van der Waals surface area contributed by atoms with Crippen molar-refractivity contribution in [1.29, 1.82) is 0 Å². The van der Waals surface area contributed by atoms with Crippen molar-refractivity contribution < 1.29 is 17.7 Å². The molecule has 1 aromatic heterocycles. The van der Waals surface area contributed by atoms with Crippen LogP contribution in [0.1, 0.15) is 67.4 Å². The second kappa shape index (κ2) is 8.23. The minimum Gasteiger partial charge on any atom is -0.349 e. The van der Waals surface area contributed by atoms with Crippen LogP contribution in [0.5, 0.6) is 0 Å². The van der Waals surface area contributed by atoms with Gasteiger partial charge in [-0.2, -0.15) is 4.98 Å². The van der Waals surface area contributed by atoms with Gasteiger partial charge in [-0.15, -0.1) is 0 Å². The van der Waals surface area contributed by atoms with Gasteiger partial charge in [-0.1, -0.05) is 24.1 Å². The fourth-order valence-electron chi connectivity index (χ4n) is 4.16. The summed E-state index contributed by atoms with van der Waals surface area (Å²) >= 11 is 0. The number of aromatic nitrogens is 2. The molecule has 2 aliphatic carbocycles. The van der Waals surface area contributed by atoms with Gasteiger partial charge < -0.3 is 9.84 Å². The lowest BCUT2D eigenvalue weighted by atomic mass is 10.1. The van der Waals surface area contributed by atoms with Gasteiger partial charge in [0.2, 0.25) is 21.8 Å². The number of hydrogen-bond acceptors (Lipinski definition) is 6. The normalized spacial score (nSPS) is 19.4. The SMILES string of the molecule is Cc1noc(CCC(=O)N[C@H]2CCc3ccc(S(=O)(=O)NC4CCCC4)cc32)n1. The summed E-state index contributed by atoms with van der Waals surface area (Å²) in [5, 5.41) is 6.74. The lowest BCUT2D eigenvalue weighted by Crippen LogP contribution is -2.33. The molecule has 1 amide bonds. The molecular formula is C20H26N4O4S. The first-order valence-electron chi connectivity index (χ1n) is 10.1. The highest BCUT2D eigenvalue weighted by Gasteiger charge is 2.28. The summed E-state index contributed by atoms with van der Waals surface area (Å²) in [5.74, 6) is 0.872. The maximum absolute atomic E-state index is 12.8. The van der Waals surface area contributed by atoms with E-state index in [2.05, 4.69) is 20.2 Å². The highest BCUT2D eigenvalue weighted by atomic mass is 32.2. The number of nitrogens with zero attached hydrogens (tertiary/aromatic N) is 2. The van der Waals surface area contributed by atoms with Gasteiger partial charge in [-0.3, -0.25) is 4.79 Å². The molecule has 0 saturated heterocycles. The molecule has 156 valence electrons. The number of carbonyl (C=O) groups is 1. The second-order valence-electron chi connectivity index (χ2n) is 7.86. The van der Waals surface area contributed by atoms with Crippen molar-refractivity contribution in [1.82, 2.24) is 20.2 Å². The molecule has 2 N–H and O–H groups in total. The van der Waals surface area contributed by atoms with E-state index in [1.165, 1.54) is 0 Å². The molecule has 29 heavy (non-hydrogen) atoms. The first kappa shape index (κ1) is 20.0. The lowest BCUT2D eigenvalue weighted by Gasteiger charge is -2.16. The zero-order valence-corrected chi connectivity index (χ0v) is 17.3. The van der Waals surface area contributed by atoms with E-state index in [0.717, 1.165) is 49.7 Å². The first-order valence-corrected chi connectivity index (χ1v) is 11.6. The molecule has 1 saturated carbocycles. The van der Waals surface area contributed by atoms with E-state index in [-0.39, 0.29) is 29.3 Å². The van der Waals surface area contributed by atoms with Crippen LogP contribution < -0.4 is 10.0 Å². The molecule has 1 atom stereocenters. The van der Waals surface area contributed by atoms with E-state index in [4.69, 9.17) is 4.52 Å². The van der Waals surface area contributed by atoms with Crippen LogP contribution in [0.4, 0.5) is 0 Å². The number of fused-ring (bicyclic) bond motifs is 1. The third kappa shape index (κ3) is 4.67. The van der Waals surface area contributed by atoms with Crippen LogP contribution in [0.3, 0.4) is 0 Å². The topological polar surface area (TPSA) is 114 Å². The molecular weight excluding hydrogens is 392 g/mol. The largest absolute Gasteiger partial charge is 0.349 e. The van der Waals surface area contributed by atoms with Crippen molar-refractivity contribution >= 4 is 15.9 Å². The van der Waals surface area contributed by atoms with Crippen LogP contribution in [0, 0.1) is 6.92 Å². The number of amides is 1. The third-order valence-electron chi connectivity index (χ3n) is 5.65. The fraction of sp³-hybridized carbons (Fsp3) is 0.550. The van der Waals surface area contributed by atoms with Crippen molar-refractivity contribution in [2.24, 2.45) is 0 Å². The summed E-state index contributed by atoms with van der Waals surface area (Å²) in [6.45, 7) is 1.73. The number of carbonyl (C=O) groups excluding carboxylic acids is 1. The quantitative estimate of drug-likeness (QED) is 0.713. The maximum atomic E-state index is 12.8. The summed E-state index contributed by atoms with van der Waals surface area (Å²) in [6.07, 6.45) is 6.12. The average molecular weight is 419 g/mol. The molecule has 9 heteroatoms. The summed E-state index contributed by atoms with van der Waals surface area (Å²) < 4.78 is 33.4. The number of benzene rings is 1. The van der Waals surface area contributed by atoms with Gasteiger partial charge in [0.15, 0.2) is 5.82 Å². The zero-order chi connectivity index (χ0) is 20.4. The van der Waals surface area contributed by atoms with E-state index >= 15 is 0 Å². The predicted octanol–water partition coefficient (Wildman–Crippen LogP) is 2.34. The van der Waals surface area contributed by atoms with Crippen LogP contribution in [0.25, 0.3) is 0 Å². The van der Waals surface area contributed by atoms with Crippen LogP contribution in [-0.2, 0) is 27.7 Å². The summed E-state index contributed by atoms with van der Waals surface area (Å²) in [6, 6.07) is 5.09. The molecule has 0 spiro atoms. The summed E-state index contributed by atoms with van der Waals surface area (Å²) in [5.41, 5.74) is 1.98. The summed E-state index contributed by atoms with van der Waals surface area (Å²) in [7, 11) is -3.55. The number of nitrogens with one attached hydrogen (secondary N) is 2. The minimum atomic E-state index is -3.55. The Hall–Kier alpha value is -2.26. The number of hydrogen-bond donors (Lipinski definition) is 2. The highest BCUT2D eigenvalue weighted by molar-refractivity contribution is 7.89. The second-order valence-corrected chi connectivity index (χ2v) is 9.57. The first-order chi connectivity index (χ1) is 13.9. The van der Waals surface area contributed by atoms with Crippen molar-refractivity contribution in [2.45, 2.75) is 75.3 Å². The van der Waals surface area contributed by atoms with Crippen molar-refractivity contribution in [3.63, 3.8) is 0 Å². The van der Waals surface area contributed by atoms with E-state index in [0.29, 0.717) is 18.1 Å². The third-order valence-corrected chi connectivity index (χ3v) is 7.17. The molecule has 0 aliphatic heterocycles. The Labute approximate surface area is 170 Å². The molecule has 0 unspecified atom stereocenters. The lowest BCUT2D eigenvalue weighted by molar-refractivity contribution is -0.121. The van der Waals surface area contributed by atoms with Crippen molar-refractivity contribution in [3.05, 3.63) is 41.0 Å². The maximum Gasteiger partial charge on any atom is 0.240 e. The number of aryl methyl sites for hydroxylation is 3. The van der Waals surface area contributed by atoms with E-state index in [1.54, 1.807) is 19.1 Å². The van der Waals surface area contributed by atoms with Crippen LogP contribution >= 0.6 is 0 Å². The average Bonchev–Trinajstić information content (AvgIpc) is 3.42. The van der Waals surface area contributed by atoms with Crippen molar-refractivity contribution in [3.8, 4) is 0 Å². The molecule has 1 heterocycles. The van der Waals surface area contributed by atoms with Gasteiger partial charge in [0.1, 0.15) is 0 Å². The standard InChI is InChI=1S/C20H26N4O4S/c1-13-21-20(28-23-13)11-10-19(25)22-18-9-7-14-6-8-16(12-17(14)18)29(26,27)24-15-4-2-3-5-15/h6,8,12,15,18,24H,2-5,7,9-11H2,1H3,(H,22,25)/t18-/m0/s1. The Morgan fingerprint density at radius 3 is 2.76 bits per heavy atom. The smallest absolute Gasteiger partial charge is 0.240 e. The summed E-state index contributed by atoms with van der Waals surface area (Å²) in [4.78, 5) is 16.7. The van der Waals surface area contributed by atoms with Crippen LogP contribution in [0.15, 0.2) is 27.6 Å². The monoisotopic (exact) mass is 418 g/mol. The van der Waals surface area contributed by atoms with Gasteiger partial charge in [0, 0.05) is 18.9 Å². The van der Waals surface area contributed by atoms with Gasteiger partial charge >= 0.3 is 0 Å². The molecule has 2 aliphatic rings. The van der Waals surface area contributed by atoms with E-state index in [1.807, 2.05) is 6.07 Å². The Bertz CT molecular complexity index is 996. The Kier molecular flexibility index (Phi) is 5.69. The molecule has 4 rings (SSSR count). The molecule has 0 bridgehead atoms. The molecule has 8 nitrogen and oxygen atoms in total. The van der Waals surface area contributed by atoms with Gasteiger partial charge in [-0.05, 0) is 55.9 Å². The van der Waals surface area contributed by atoms with E-state index in [9.17, 15) is 13.2 Å². The van der Waals surface area contributed by atoms with Crippen molar-refractivity contribution in [2.75, 3.05) is 0 Å². The molecule has 2 aromatic rings. The molecule has 1 aromatic carbocycles. The Morgan fingerprint density at radius 2 is 2.03 bits per heavy atom.